The number of hydrogen-bond donors (Lipinski definition) is 1. The molecule has 0 aliphatic heterocycles. The Kier molecular flexibility index (Phi) is 5.65. The van der Waals surface area contributed by atoms with Crippen LogP contribution in [0.4, 0.5) is 0 Å². The second kappa shape index (κ2) is 7.26. The van der Waals surface area contributed by atoms with Crippen molar-refractivity contribution in [2.24, 2.45) is 5.92 Å². The fraction of sp³-hybridized carbons (Fsp3) is 0.684. The zero-order valence-corrected chi connectivity index (χ0v) is 13.2. The lowest BCUT2D eigenvalue weighted by atomic mass is 9.65. The van der Waals surface area contributed by atoms with Crippen LogP contribution in [0.25, 0.3) is 0 Å². The van der Waals surface area contributed by atoms with Crippen LogP contribution in [-0.4, -0.2) is 11.7 Å². The van der Waals surface area contributed by atoms with Gasteiger partial charge in [-0.25, -0.2) is 0 Å². The van der Waals surface area contributed by atoms with E-state index in [1.54, 1.807) is 0 Å². The normalized spacial score (nSPS) is 23.4. The highest BCUT2D eigenvalue weighted by molar-refractivity contribution is 5.37. The van der Waals surface area contributed by atoms with Gasteiger partial charge >= 0.3 is 0 Å². The zero-order valence-electron chi connectivity index (χ0n) is 13.2. The molecule has 0 fully saturated rings. The fourth-order valence-electron chi connectivity index (χ4n) is 3.94. The van der Waals surface area contributed by atoms with E-state index in [4.69, 9.17) is 0 Å². The number of benzene rings is 1. The van der Waals surface area contributed by atoms with Crippen molar-refractivity contribution in [3.8, 4) is 0 Å². The Morgan fingerprint density at radius 3 is 2.75 bits per heavy atom. The molecule has 0 aromatic heterocycles. The minimum atomic E-state index is 0.0310. The molecule has 0 radical (unpaired) electrons. The van der Waals surface area contributed by atoms with Crippen LogP contribution in [0.5, 0.6) is 0 Å². The molecule has 1 aromatic rings. The summed E-state index contributed by atoms with van der Waals surface area (Å²) in [6, 6.07) is 8.80. The van der Waals surface area contributed by atoms with Gasteiger partial charge in [-0.05, 0) is 42.7 Å². The summed E-state index contributed by atoms with van der Waals surface area (Å²) in [7, 11) is 0. The van der Waals surface area contributed by atoms with Gasteiger partial charge in [0.2, 0.25) is 0 Å². The van der Waals surface area contributed by atoms with Gasteiger partial charge in [0.05, 0.1) is 6.61 Å². The van der Waals surface area contributed by atoms with Gasteiger partial charge < -0.3 is 5.11 Å². The van der Waals surface area contributed by atoms with E-state index in [1.165, 1.54) is 49.7 Å². The third-order valence-electron chi connectivity index (χ3n) is 5.22. The highest BCUT2D eigenvalue weighted by Crippen LogP contribution is 2.43. The summed E-state index contributed by atoms with van der Waals surface area (Å²) < 4.78 is 0. The SMILES string of the molecule is CCCCC(CC)CC1(CO)CCCc2ccccc21. The Hall–Kier alpha value is -0.820. The first-order valence-electron chi connectivity index (χ1n) is 8.45. The molecule has 20 heavy (non-hydrogen) atoms. The number of rotatable bonds is 7. The van der Waals surface area contributed by atoms with Crippen molar-refractivity contribution in [3.63, 3.8) is 0 Å². The third kappa shape index (κ3) is 3.25. The molecule has 0 saturated heterocycles. The van der Waals surface area contributed by atoms with E-state index in [0.29, 0.717) is 6.61 Å². The van der Waals surface area contributed by atoms with E-state index < -0.39 is 0 Å². The summed E-state index contributed by atoms with van der Waals surface area (Å²) in [5, 5.41) is 10.2. The molecule has 1 N–H and O–H groups in total. The molecule has 0 bridgehead atoms. The third-order valence-corrected chi connectivity index (χ3v) is 5.22. The molecule has 2 rings (SSSR count). The first-order valence-corrected chi connectivity index (χ1v) is 8.45. The highest BCUT2D eigenvalue weighted by Gasteiger charge is 2.37. The van der Waals surface area contributed by atoms with Crippen molar-refractivity contribution < 1.29 is 5.11 Å². The largest absolute Gasteiger partial charge is 0.395 e. The highest BCUT2D eigenvalue weighted by atomic mass is 16.3. The van der Waals surface area contributed by atoms with E-state index in [2.05, 4.69) is 38.1 Å². The maximum atomic E-state index is 10.2. The fourth-order valence-corrected chi connectivity index (χ4v) is 3.94. The van der Waals surface area contributed by atoms with E-state index in [-0.39, 0.29) is 5.41 Å². The summed E-state index contributed by atoms with van der Waals surface area (Å²) in [4.78, 5) is 0. The van der Waals surface area contributed by atoms with Gasteiger partial charge in [-0.3, -0.25) is 0 Å². The summed E-state index contributed by atoms with van der Waals surface area (Å²) in [6.45, 7) is 4.89. The molecule has 0 amide bonds. The maximum absolute atomic E-state index is 10.2. The van der Waals surface area contributed by atoms with Crippen LogP contribution in [0.2, 0.25) is 0 Å². The number of fused-ring (bicyclic) bond motifs is 1. The Morgan fingerprint density at radius 2 is 2.05 bits per heavy atom. The average Bonchev–Trinajstić information content (AvgIpc) is 2.51. The van der Waals surface area contributed by atoms with Crippen LogP contribution in [0.3, 0.4) is 0 Å². The van der Waals surface area contributed by atoms with Crippen molar-refractivity contribution in [3.05, 3.63) is 35.4 Å². The molecule has 2 unspecified atom stereocenters. The second-order valence-corrected chi connectivity index (χ2v) is 6.57. The zero-order chi connectivity index (χ0) is 14.4. The van der Waals surface area contributed by atoms with Gasteiger partial charge in [-0.2, -0.15) is 0 Å². The lowest BCUT2D eigenvalue weighted by Crippen LogP contribution is -2.36. The van der Waals surface area contributed by atoms with E-state index in [9.17, 15) is 5.11 Å². The average molecular weight is 274 g/mol. The topological polar surface area (TPSA) is 20.2 Å². The monoisotopic (exact) mass is 274 g/mol. The standard InChI is InChI=1S/C19H30O/c1-3-5-9-16(4-2)14-19(15-20)13-8-11-17-10-6-7-12-18(17)19/h6-7,10,12,16,20H,3-5,8-9,11,13-15H2,1-2H3. The lowest BCUT2D eigenvalue weighted by Gasteiger charge is -2.40. The van der Waals surface area contributed by atoms with Crippen LogP contribution in [0, 0.1) is 5.92 Å². The van der Waals surface area contributed by atoms with Crippen LogP contribution >= 0.6 is 0 Å². The van der Waals surface area contributed by atoms with Crippen molar-refractivity contribution in [2.45, 2.75) is 70.6 Å². The summed E-state index contributed by atoms with van der Waals surface area (Å²) >= 11 is 0. The molecule has 2 atom stereocenters. The summed E-state index contributed by atoms with van der Waals surface area (Å²) in [5.74, 6) is 0.758. The van der Waals surface area contributed by atoms with Gasteiger partial charge in [0.25, 0.3) is 0 Å². The predicted molar refractivity (Wildman–Crippen MR) is 86.1 cm³/mol. The second-order valence-electron chi connectivity index (χ2n) is 6.57. The molecule has 1 aliphatic rings. The minimum absolute atomic E-state index is 0.0310. The molecular formula is C19H30O. The minimum Gasteiger partial charge on any atom is -0.395 e. The first-order chi connectivity index (χ1) is 9.75. The van der Waals surface area contributed by atoms with Crippen molar-refractivity contribution >= 4 is 0 Å². The van der Waals surface area contributed by atoms with Gasteiger partial charge in [-0.1, -0.05) is 63.8 Å². The van der Waals surface area contributed by atoms with Gasteiger partial charge in [0, 0.05) is 5.41 Å². The van der Waals surface area contributed by atoms with Crippen LogP contribution in [0.15, 0.2) is 24.3 Å². The van der Waals surface area contributed by atoms with Gasteiger partial charge in [0.1, 0.15) is 0 Å². The molecule has 1 aromatic carbocycles. The number of aliphatic hydroxyl groups excluding tert-OH is 1. The molecule has 1 nitrogen and oxygen atoms in total. The van der Waals surface area contributed by atoms with Crippen molar-refractivity contribution in [1.82, 2.24) is 0 Å². The Balaban J connectivity index is 2.21. The lowest BCUT2D eigenvalue weighted by molar-refractivity contribution is 0.141. The van der Waals surface area contributed by atoms with Crippen LogP contribution in [-0.2, 0) is 11.8 Å². The molecule has 1 heteroatoms. The Bertz CT molecular complexity index is 412. The smallest absolute Gasteiger partial charge is 0.0528 e. The molecule has 0 saturated carbocycles. The van der Waals surface area contributed by atoms with Gasteiger partial charge in [-0.15, -0.1) is 0 Å². The number of unbranched alkanes of at least 4 members (excludes halogenated alkanes) is 1. The van der Waals surface area contributed by atoms with E-state index >= 15 is 0 Å². The van der Waals surface area contributed by atoms with Crippen molar-refractivity contribution in [1.29, 1.82) is 0 Å². The molecular weight excluding hydrogens is 244 g/mol. The first kappa shape index (κ1) is 15.6. The van der Waals surface area contributed by atoms with Crippen molar-refractivity contribution in [2.75, 3.05) is 6.61 Å². The number of hydrogen-bond acceptors (Lipinski definition) is 1. The Labute approximate surface area is 124 Å². The number of aryl methyl sites for hydroxylation is 1. The molecule has 112 valence electrons. The van der Waals surface area contributed by atoms with E-state index in [0.717, 1.165) is 18.8 Å². The predicted octanol–water partition coefficient (Wildman–Crippen LogP) is 4.86. The maximum Gasteiger partial charge on any atom is 0.0528 e. The van der Waals surface area contributed by atoms with E-state index in [1.807, 2.05) is 0 Å². The molecule has 0 heterocycles. The quantitative estimate of drug-likeness (QED) is 0.753. The summed E-state index contributed by atoms with van der Waals surface area (Å²) in [6.07, 6.45) is 9.88. The molecule has 0 spiro atoms. The summed E-state index contributed by atoms with van der Waals surface area (Å²) in [5.41, 5.74) is 2.94. The van der Waals surface area contributed by atoms with Crippen LogP contribution < -0.4 is 0 Å². The Morgan fingerprint density at radius 1 is 1.25 bits per heavy atom. The van der Waals surface area contributed by atoms with Gasteiger partial charge in [0.15, 0.2) is 0 Å². The number of aliphatic hydroxyl groups is 1. The van der Waals surface area contributed by atoms with Crippen LogP contribution in [0.1, 0.15) is 69.9 Å². The molecule has 1 aliphatic carbocycles.